The Hall–Kier alpha value is -4.46. The first-order chi connectivity index (χ1) is 15.7. The zero-order valence-corrected chi connectivity index (χ0v) is 16.9. The molecule has 8 heteroatoms. The molecular formula is C24H18N4O4. The summed E-state index contributed by atoms with van der Waals surface area (Å²) in [5, 5.41) is 0.665. The molecule has 1 aliphatic rings. The number of nitrogens with zero attached hydrogens (tertiary/aromatic N) is 2. The van der Waals surface area contributed by atoms with E-state index >= 15 is 0 Å². The van der Waals surface area contributed by atoms with E-state index in [0.29, 0.717) is 46.9 Å². The quantitative estimate of drug-likeness (QED) is 0.488. The van der Waals surface area contributed by atoms with E-state index in [2.05, 4.69) is 15.8 Å². The number of rotatable bonds is 3. The molecule has 0 spiro atoms. The smallest absolute Gasteiger partial charge is 0.288 e. The summed E-state index contributed by atoms with van der Waals surface area (Å²) in [6.07, 6.45) is 1.51. The first-order valence-electron chi connectivity index (χ1n) is 10.0. The Kier molecular flexibility index (Phi) is 5.09. The molecule has 0 aliphatic carbocycles. The molecule has 158 valence electrons. The van der Waals surface area contributed by atoms with Crippen LogP contribution in [0.2, 0.25) is 0 Å². The molecule has 8 nitrogen and oxygen atoms in total. The molecule has 0 bridgehead atoms. The second-order valence-electron chi connectivity index (χ2n) is 7.05. The minimum Gasteiger partial charge on any atom is -0.486 e. The van der Waals surface area contributed by atoms with Crippen LogP contribution in [0.1, 0.15) is 20.8 Å². The van der Waals surface area contributed by atoms with Gasteiger partial charge in [0.15, 0.2) is 11.5 Å². The molecule has 4 aromatic rings. The van der Waals surface area contributed by atoms with Crippen LogP contribution in [-0.4, -0.2) is 35.0 Å². The summed E-state index contributed by atoms with van der Waals surface area (Å²) >= 11 is 0. The fourth-order valence-corrected chi connectivity index (χ4v) is 3.46. The predicted octanol–water partition coefficient (Wildman–Crippen LogP) is 3.14. The maximum atomic E-state index is 13.0. The first kappa shape index (κ1) is 19.5. The summed E-state index contributed by atoms with van der Waals surface area (Å²) in [5.74, 6) is 0.337. The van der Waals surface area contributed by atoms with Crippen LogP contribution >= 0.6 is 0 Å². The van der Waals surface area contributed by atoms with Gasteiger partial charge in [0.25, 0.3) is 11.8 Å². The van der Waals surface area contributed by atoms with Crippen LogP contribution in [0, 0.1) is 0 Å². The van der Waals surface area contributed by atoms with Crippen LogP contribution in [0.5, 0.6) is 11.5 Å². The van der Waals surface area contributed by atoms with Gasteiger partial charge in [-0.15, -0.1) is 0 Å². The monoisotopic (exact) mass is 426 g/mol. The first-order valence-corrected chi connectivity index (χ1v) is 10.0. The summed E-state index contributed by atoms with van der Waals surface area (Å²) in [6.45, 7) is 0.986. The summed E-state index contributed by atoms with van der Waals surface area (Å²) in [7, 11) is 0. The molecular weight excluding hydrogens is 408 g/mol. The number of hydrazine groups is 1. The SMILES string of the molecule is O=C(NNC(=O)c1cc(-c2ccc3c(c2)OCCO3)nc2ccccc12)c1ccccn1. The third-order valence-corrected chi connectivity index (χ3v) is 4.99. The van der Waals surface area contributed by atoms with Gasteiger partial charge in [0.1, 0.15) is 18.9 Å². The largest absolute Gasteiger partial charge is 0.486 e. The van der Waals surface area contributed by atoms with E-state index in [1.54, 1.807) is 24.3 Å². The fraction of sp³-hybridized carbons (Fsp3) is 0.0833. The van der Waals surface area contributed by atoms with Crippen molar-refractivity contribution in [1.82, 2.24) is 20.8 Å². The Morgan fingerprint density at radius 2 is 1.59 bits per heavy atom. The number of carbonyl (C=O) groups excluding carboxylic acids is 2. The van der Waals surface area contributed by atoms with Crippen LogP contribution in [0.15, 0.2) is 72.9 Å². The van der Waals surface area contributed by atoms with E-state index < -0.39 is 11.8 Å². The van der Waals surface area contributed by atoms with Crippen LogP contribution in [0.3, 0.4) is 0 Å². The highest BCUT2D eigenvalue weighted by Gasteiger charge is 2.17. The average Bonchev–Trinajstić information content (AvgIpc) is 2.86. The molecule has 0 atom stereocenters. The maximum Gasteiger partial charge on any atom is 0.288 e. The molecule has 2 aromatic carbocycles. The Labute approximate surface area is 183 Å². The minimum absolute atomic E-state index is 0.198. The summed E-state index contributed by atoms with van der Waals surface area (Å²) < 4.78 is 11.3. The number of benzene rings is 2. The number of ether oxygens (including phenoxy) is 2. The van der Waals surface area contributed by atoms with Gasteiger partial charge in [-0.05, 0) is 42.5 Å². The maximum absolute atomic E-state index is 13.0. The van der Waals surface area contributed by atoms with Gasteiger partial charge < -0.3 is 9.47 Å². The number of fused-ring (bicyclic) bond motifs is 2. The minimum atomic E-state index is -0.510. The molecule has 0 fully saturated rings. The molecule has 0 saturated carbocycles. The lowest BCUT2D eigenvalue weighted by atomic mass is 10.0. The highest BCUT2D eigenvalue weighted by Crippen LogP contribution is 2.35. The van der Waals surface area contributed by atoms with Crippen molar-refractivity contribution in [3.8, 4) is 22.8 Å². The van der Waals surface area contributed by atoms with Gasteiger partial charge in [0.05, 0.1) is 16.8 Å². The Morgan fingerprint density at radius 3 is 2.44 bits per heavy atom. The number of pyridine rings is 2. The molecule has 0 radical (unpaired) electrons. The number of para-hydroxylation sites is 1. The lowest BCUT2D eigenvalue weighted by Crippen LogP contribution is -2.42. The van der Waals surface area contributed by atoms with Gasteiger partial charge >= 0.3 is 0 Å². The summed E-state index contributed by atoms with van der Waals surface area (Å²) in [5.41, 5.74) is 7.48. The highest BCUT2D eigenvalue weighted by molar-refractivity contribution is 6.08. The van der Waals surface area contributed by atoms with Crippen molar-refractivity contribution in [2.45, 2.75) is 0 Å². The summed E-state index contributed by atoms with van der Waals surface area (Å²) in [6, 6.07) is 19.5. The van der Waals surface area contributed by atoms with Crippen molar-refractivity contribution < 1.29 is 19.1 Å². The Balaban J connectivity index is 1.47. The van der Waals surface area contributed by atoms with E-state index in [-0.39, 0.29) is 5.69 Å². The van der Waals surface area contributed by atoms with Crippen molar-refractivity contribution in [1.29, 1.82) is 0 Å². The number of carbonyl (C=O) groups is 2. The zero-order valence-electron chi connectivity index (χ0n) is 16.9. The standard InChI is InChI=1S/C24H18N4O4/c29-23(27-28-24(30)19-7-3-4-10-25-19)17-14-20(26-18-6-2-1-5-16(17)18)15-8-9-21-22(13-15)32-12-11-31-21/h1-10,13-14H,11-12H2,(H,27,29)(H,28,30). The number of aromatic nitrogens is 2. The average molecular weight is 426 g/mol. The highest BCUT2D eigenvalue weighted by atomic mass is 16.6. The lowest BCUT2D eigenvalue weighted by molar-refractivity contribution is 0.0845. The van der Waals surface area contributed by atoms with Gasteiger partial charge in [0, 0.05) is 17.1 Å². The van der Waals surface area contributed by atoms with Gasteiger partial charge in [-0.25, -0.2) is 4.98 Å². The van der Waals surface area contributed by atoms with Crippen LogP contribution in [0.4, 0.5) is 0 Å². The van der Waals surface area contributed by atoms with E-state index in [9.17, 15) is 9.59 Å². The van der Waals surface area contributed by atoms with E-state index in [1.807, 2.05) is 42.5 Å². The summed E-state index contributed by atoms with van der Waals surface area (Å²) in [4.78, 5) is 33.9. The van der Waals surface area contributed by atoms with Gasteiger partial charge in [-0.3, -0.25) is 25.4 Å². The molecule has 2 aromatic heterocycles. The van der Waals surface area contributed by atoms with Crippen molar-refractivity contribution in [3.63, 3.8) is 0 Å². The van der Waals surface area contributed by atoms with Crippen molar-refractivity contribution in [2.24, 2.45) is 0 Å². The Bertz CT molecular complexity index is 1320. The number of amides is 2. The van der Waals surface area contributed by atoms with Crippen LogP contribution < -0.4 is 20.3 Å². The molecule has 32 heavy (non-hydrogen) atoms. The second-order valence-corrected chi connectivity index (χ2v) is 7.05. The molecule has 0 saturated heterocycles. The van der Waals surface area contributed by atoms with Crippen LogP contribution in [-0.2, 0) is 0 Å². The van der Waals surface area contributed by atoms with E-state index in [4.69, 9.17) is 14.5 Å². The molecule has 2 N–H and O–H groups in total. The molecule has 2 amide bonds. The normalized spacial score (nSPS) is 12.2. The third-order valence-electron chi connectivity index (χ3n) is 4.99. The van der Waals surface area contributed by atoms with E-state index in [0.717, 1.165) is 5.56 Å². The van der Waals surface area contributed by atoms with Crippen LogP contribution in [0.25, 0.3) is 22.2 Å². The molecule has 5 rings (SSSR count). The second kappa shape index (κ2) is 8.35. The van der Waals surface area contributed by atoms with Gasteiger partial charge in [-0.1, -0.05) is 24.3 Å². The third kappa shape index (κ3) is 3.81. The van der Waals surface area contributed by atoms with E-state index in [1.165, 1.54) is 6.20 Å². The van der Waals surface area contributed by atoms with Crippen molar-refractivity contribution in [3.05, 3.63) is 84.2 Å². The number of hydrogen-bond acceptors (Lipinski definition) is 6. The van der Waals surface area contributed by atoms with Crippen molar-refractivity contribution in [2.75, 3.05) is 13.2 Å². The predicted molar refractivity (Wildman–Crippen MR) is 117 cm³/mol. The lowest BCUT2D eigenvalue weighted by Gasteiger charge is -2.19. The zero-order chi connectivity index (χ0) is 21.9. The number of nitrogens with one attached hydrogen (secondary N) is 2. The van der Waals surface area contributed by atoms with Crippen molar-refractivity contribution >= 4 is 22.7 Å². The fourth-order valence-electron chi connectivity index (χ4n) is 3.46. The molecule has 1 aliphatic heterocycles. The number of hydrogen-bond donors (Lipinski definition) is 2. The topological polar surface area (TPSA) is 102 Å². The molecule has 0 unspecified atom stereocenters. The van der Waals surface area contributed by atoms with Gasteiger partial charge in [0.2, 0.25) is 0 Å². The molecule has 3 heterocycles. The Morgan fingerprint density at radius 1 is 0.812 bits per heavy atom. The van der Waals surface area contributed by atoms with Gasteiger partial charge in [-0.2, -0.15) is 0 Å².